The number of primary amides is 1. The maximum absolute atomic E-state index is 11.2. The third-order valence-electron chi connectivity index (χ3n) is 2.80. The quantitative estimate of drug-likeness (QED) is 0.642. The van der Waals surface area contributed by atoms with Crippen LogP contribution in [0.15, 0.2) is 42.5 Å². The first kappa shape index (κ1) is 14.5. The summed E-state index contributed by atoms with van der Waals surface area (Å²) in [5, 5.41) is 11.0. The minimum Gasteiger partial charge on any atom is -0.450 e. The molecule has 0 aliphatic heterocycles. The number of carbonyl (C=O) groups is 1. The zero-order valence-corrected chi connectivity index (χ0v) is 11.0. The number of ether oxygens (including phenoxy) is 1. The first-order valence-corrected chi connectivity index (χ1v) is 6.06. The van der Waals surface area contributed by atoms with E-state index in [1.165, 1.54) is 18.2 Å². The molecule has 0 aliphatic carbocycles. The predicted octanol–water partition coefficient (Wildman–Crippen LogP) is 1.94. The molecule has 0 heterocycles. The van der Waals surface area contributed by atoms with Crippen molar-refractivity contribution in [3.63, 3.8) is 0 Å². The van der Waals surface area contributed by atoms with Crippen LogP contribution in [0.3, 0.4) is 0 Å². The molecule has 0 aromatic heterocycles. The fourth-order valence-electron chi connectivity index (χ4n) is 1.76. The third kappa shape index (κ3) is 3.34. The fraction of sp³-hybridized carbons (Fsp3) is 0.0714. The molecule has 2 rings (SSSR count). The highest BCUT2D eigenvalue weighted by Gasteiger charge is 2.18. The second-order valence-corrected chi connectivity index (χ2v) is 4.26. The lowest BCUT2D eigenvalue weighted by Gasteiger charge is -2.08. The summed E-state index contributed by atoms with van der Waals surface area (Å²) in [7, 11) is 0. The van der Waals surface area contributed by atoms with Gasteiger partial charge in [-0.15, -0.1) is 0 Å². The Morgan fingerprint density at radius 2 is 2.00 bits per heavy atom. The molecule has 7 heteroatoms. The van der Waals surface area contributed by atoms with Crippen LogP contribution in [0.4, 0.5) is 5.69 Å². The van der Waals surface area contributed by atoms with Crippen molar-refractivity contribution in [2.75, 3.05) is 0 Å². The molecule has 0 saturated carbocycles. The van der Waals surface area contributed by atoms with Crippen LogP contribution in [-0.2, 0) is 6.54 Å². The van der Waals surface area contributed by atoms with Crippen molar-refractivity contribution in [3.05, 3.63) is 63.7 Å². The molecular weight excluding hydrogens is 274 g/mol. The Morgan fingerprint density at radius 1 is 1.24 bits per heavy atom. The summed E-state index contributed by atoms with van der Waals surface area (Å²) in [6.45, 7) is 0.320. The van der Waals surface area contributed by atoms with Crippen molar-refractivity contribution in [3.8, 4) is 11.5 Å². The monoisotopic (exact) mass is 287 g/mol. The normalized spacial score (nSPS) is 10.1. The zero-order chi connectivity index (χ0) is 15.4. The van der Waals surface area contributed by atoms with Gasteiger partial charge in [-0.25, -0.2) is 0 Å². The molecule has 2 aromatic rings. The highest BCUT2D eigenvalue weighted by Crippen LogP contribution is 2.32. The highest BCUT2D eigenvalue weighted by molar-refractivity contribution is 5.93. The molecule has 7 nitrogen and oxygen atoms in total. The van der Waals surface area contributed by atoms with E-state index >= 15 is 0 Å². The van der Waals surface area contributed by atoms with E-state index in [-0.39, 0.29) is 17.0 Å². The first-order valence-electron chi connectivity index (χ1n) is 6.06. The van der Waals surface area contributed by atoms with E-state index in [0.717, 1.165) is 5.56 Å². The lowest BCUT2D eigenvalue weighted by atomic mass is 10.1. The van der Waals surface area contributed by atoms with Gasteiger partial charge in [-0.1, -0.05) is 12.1 Å². The van der Waals surface area contributed by atoms with E-state index in [1.807, 2.05) is 0 Å². The number of carbonyl (C=O) groups excluding carboxylic acids is 1. The summed E-state index contributed by atoms with van der Waals surface area (Å²) < 4.78 is 5.50. The second-order valence-electron chi connectivity index (χ2n) is 4.26. The summed E-state index contributed by atoms with van der Waals surface area (Å²) in [5.41, 5.74) is 11.4. The van der Waals surface area contributed by atoms with Crippen molar-refractivity contribution in [1.29, 1.82) is 0 Å². The Kier molecular flexibility index (Phi) is 4.15. The molecule has 1 amide bonds. The summed E-state index contributed by atoms with van der Waals surface area (Å²) >= 11 is 0. The fourth-order valence-corrected chi connectivity index (χ4v) is 1.76. The second kappa shape index (κ2) is 6.02. The van der Waals surface area contributed by atoms with Crippen molar-refractivity contribution in [1.82, 2.24) is 0 Å². The maximum Gasteiger partial charge on any atom is 0.311 e. The van der Waals surface area contributed by atoms with E-state index in [9.17, 15) is 14.9 Å². The topological polar surface area (TPSA) is 121 Å². The number of hydrogen-bond acceptors (Lipinski definition) is 5. The number of nitrogens with two attached hydrogens (primary N) is 2. The number of nitro groups is 1. The Labute approximate surface area is 120 Å². The number of rotatable bonds is 5. The largest absolute Gasteiger partial charge is 0.450 e. The minimum atomic E-state index is -0.689. The van der Waals surface area contributed by atoms with Gasteiger partial charge < -0.3 is 16.2 Å². The van der Waals surface area contributed by atoms with Crippen molar-refractivity contribution in [2.45, 2.75) is 6.54 Å². The molecule has 21 heavy (non-hydrogen) atoms. The molecule has 0 fully saturated rings. The van der Waals surface area contributed by atoms with Crippen LogP contribution in [0.25, 0.3) is 0 Å². The molecule has 0 radical (unpaired) electrons. The standard InChI is InChI=1S/C14H13N3O4/c15-8-9-2-1-3-11(6-9)21-13-7-10(14(16)18)4-5-12(13)17(19)20/h1-7H,8,15H2,(H2,16,18). The number of benzene rings is 2. The molecule has 0 spiro atoms. The molecule has 0 atom stereocenters. The van der Waals surface area contributed by atoms with Crippen molar-refractivity contribution < 1.29 is 14.5 Å². The van der Waals surface area contributed by atoms with Gasteiger partial charge in [0.25, 0.3) is 0 Å². The van der Waals surface area contributed by atoms with Crippen LogP contribution < -0.4 is 16.2 Å². The Balaban J connectivity index is 2.42. The average molecular weight is 287 g/mol. The maximum atomic E-state index is 11.2. The minimum absolute atomic E-state index is 0.0505. The van der Waals surface area contributed by atoms with Gasteiger partial charge in [-0.3, -0.25) is 14.9 Å². The molecule has 2 aromatic carbocycles. The summed E-state index contributed by atoms with van der Waals surface area (Å²) in [5.74, 6) is -0.349. The van der Waals surface area contributed by atoms with Crippen LogP contribution in [0.2, 0.25) is 0 Å². The Morgan fingerprint density at radius 3 is 2.62 bits per heavy atom. The van der Waals surface area contributed by atoms with Gasteiger partial charge in [-0.05, 0) is 23.8 Å². The van der Waals surface area contributed by atoms with Crippen LogP contribution in [0.5, 0.6) is 11.5 Å². The SMILES string of the molecule is NCc1cccc(Oc2cc(C(N)=O)ccc2[N+](=O)[O-])c1. The average Bonchev–Trinajstić information content (AvgIpc) is 2.47. The van der Waals surface area contributed by atoms with Gasteiger partial charge in [0, 0.05) is 24.2 Å². The van der Waals surface area contributed by atoms with Crippen molar-refractivity contribution in [2.24, 2.45) is 11.5 Å². The van der Waals surface area contributed by atoms with Crippen LogP contribution in [-0.4, -0.2) is 10.8 Å². The van der Waals surface area contributed by atoms with E-state index in [0.29, 0.717) is 12.3 Å². The van der Waals surface area contributed by atoms with Gasteiger partial charge >= 0.3 is 5.69 Å². The molecular formula is C14H13N3O4. The Bertz CT molecular complexity index is 700. The molecule has 0 aliphatic rings. The number of nitrogens with zero attached hydrogens (tertiary/aromatic N) is 1. The third-order valence-corrected chi connectivity index (χ3v) is 2.80. The van der Waals surface area contributed by atoms with Crippen LogP contribution in [0, 0.1) is 10.1 Å². The lowest BCUT2D eigenvalue weighted by Crippen LogP contribution is -2.11. The molecule has 4 N–H and O–H groups in total. The first-order chi connectivity index (χ1) is 10.0. The predicted molar refractivity (Wildman–Crippen MR) is 76.0 cm³/mol. The van der Waals surface area contributed by atoms with E-state index in [1.54, 1.807) is 24.3 Å². The van der Waals surface area contributed by atoms with E-state index in [2.05, 4.69) is 0 Å². The lowest BCUT2D eigenvalue weighted by molar-refractivity contribution is -0.385. The molecule has 0 unspecified atom stereocenters. The smallest absolute Gasteiger partial charge is 0.311 e. The number of hydrogen-bond donors (Lipinski definition) is 2. The van der Waals surface area contributed by atoms with Crippen LogP contribution in [0.1, 0.15) is 15.9 Å². The molecule has 0 saturated heterocycles. The molecule has 0 bridgehead atoms. The zero-order valence-electron chi connectivity index (χ0n) is 11.0. The highest BCUT2D eigenvalue weighted by atomic mass is 16.6. The van der Waals surface area contributed by atoms with E-state index in [4.69, 9.17) is 16.2 Å². The number of amides is 1. The molecule has 108 valence electrons. The van der Waals surface area contributed by atoms with Gasteiger partial charge in [0.15, 0.2) is 0 Å². The van der Waals surface area contributed by atoms with Crippen molar-refractivity contribution >= 4 is 11.6 Å². The van der Waals surface area contributed by atoms with Gasteiger partial charge in [0.1, 0.15) is 5.75 Å². The summed E-state index contributed by atoms with van der Waals surface area (Å²) in [6.07, 6.45) is 0. The summed E-state index contributed by atoms with van der Waals surface area (Å²) in [4.78, 5) is 21.6. The van der Waals surface area contributed by atoms with Gasteiger partial charge in [0.05, 0.1) is 4.92 Å². The van der Waals surface area contributed by atoms with Gasteiger partial charge in [-0.2, -0.15) is 0 Å². The van der Waals surface area contributed by atoms with E-state index < -0.39 is 10.8 Å². The van der Waals surface area contributed by atoms with Crippen LogP contribution >= 0.6 is 0 Å². The summed E-state index contributed by atoms with van der Waals surface area (Å²) in [6, 6.07) is 10.5. The van der Waals surface area contributed by atoms with Gasteiger partial charge in [0.2, 0.25) is 11.7 Å². The number of nitro benzene ring substituents is 1. The Hall–Kier alpha value is -2.93.